The number of carbonyl (C=O) groups is 4. The molecule has 0 aliphatic heterocycles. The molecular formula is C42H54N4O4. The smallest absolute Gasteiger partial charge is 0.267 e. The molecule has 0 atom stereocenters. The van der Waals surface area contributed by atoms with Crippen molar-refractivity contribution in [3.63, 3.8) is 0 Å². The Morgan fingerprint density at radius 1 is 0.460 bits per heavy atom. The first-order valence-corrected chi connectivity index (χ1v) is 18.2. The zero-order valence-electron chi connectivity index (χ0n) is 29.8. The fraction of sp³-hybridized carbons (Fsp3) is 0.381. The monoisotopic (exact) mass is 678 g/mol. The largest absolute Gasteiger partial charge is 0.351 e. The molecule has 0 radical (unpaired) electrons. The summed E-state index contributed by atoms with van der Waals surface area (Å²) in [6, 6.07) is 24.7. The van der Waals surface area contributed by atoms with Gasteiger partial charge in [0.25, 0.3) is 23.6 Å². The van der Waals surface area contributed by atoms with Gasteiger partial charge in [-0.2, -0.15) is 0 Å². The van der Waals surface area contributed by atoms with Crippen LogP contribution >= 0.6 is 0 Å². The lowest BCUT2D eigenvalue weighted by atomic mass is 10.1. The van der Waals surface area contributed by atoms with Crippen LogP contribution in [0.25, 0.3) is 12.2 Å². The molecular weight excluding hydrogens is 624 g/mol. The maximum atomic E-state index is 13.2. The third-order valence-corrected chi connectivity index (χ3v) is 8.25. The number of amides is 4. The van der Waals surface area contributed by atoms with Gasteiger partial charge >= 0.3 is 0 Å². The molecule has 8 nitrogen and oxygen atoms in total. The Bertz CT molecular complexity index is 1420. The van der Waals surface area contributed by atoms with Gasteiger partial charge in [-0.3, -0.25) is 19.2 Å². The average molecular weight is 679 g/mol. The Kier molecular flexibility index (Phi) is 18.5. The predicted molar refractivity (Wildman–Crippen MR) is 203 cm³/mol. The number of unbranched alkanes of at least 4 members (excludes halogenated alkanes) is 10. The molecule has 4 amide bonds. The van der Waals surface area contributed by atoms with Crippen LogP contribution in [0, 0.1) is 0 Å². The summed E-state index contributed by atoms with van der Waals surface area (Å²) in [4.78, 5) is 52.5. The SMILES string of the molecule is CCCCCCCCNC(=O)C(=Cc1ccc(C=C(NC(=O)c2ccccc2)C(=O)NCCCCCCCC)cc1)NC(=O)c1ccccc1. The van der Waals surface area contributed by atoms with Gasteiger partial charge in [0.2, 0.25) is 0 Å². The number of benzene rings is 3. The van der Waals surface area contributed by atoms with E-state index in [0.717, 1.165) is 38.5 Å². The van der Waals surface area contributed by atoms with E-state index in [4.69, 9.17) is 0 Å². The Morgan fingerprint density at radius 2 is 0.800 bits per heavy atom. The molecule has 0 aromatic heterocycles. The highest BCUT2D eigenvalue weighted by atomic mass is 16.2. The number of hydrogen-bond acceptors (Lipinski definition) is 4. The van der Waals surface area contributed by atoms with E-state index in [1.165, 1.54) is 38.5 Å². The lowest BCUT2D eigenvalue weighted by Crippen LogP contribution is -2.35. The Morgan fingerprint density at radius 3 is 1.16 bits per heavy atom. The van der Waals surface area contributed by atoms with Crippen LogP contribution in [0.5, 0.6) is 0 Å². The highest BCUT2D eigenvalue weighted by Gasteiger charge is 2.16. The molecule has 0 fully saturated rings. The molecule has 0 heterocycles. The van der Waals surface area contributed by atoms with E-state index >= 15 is 0 Å². The quantitative estimate of drug-likeness (QED) is 0.0634. The normalized spacial score (nSPS) is 11.5. The van der Waals surface area contributed by atoms with E-state index in [0.29, 0.717) is 35.3 Å². The Hall–Kier alpha value is -4.98. The van der Waals surface area contributed by atoms with Crippen molar-refractivity contribution in [2.24, 2.45) is 0 Å². The van der Waals surface area contributed by atoms with Crippen LogP contribution in [-0.4, -0.2) is 36.7 Å². The highest BCUT2D eigenvalue weighted by molar-refractivity contribution is 6.06. The van der Waals surface area contributed by atoms with Gasteiger partial charge in [-0.15, -0.1) is 0 Å². The zero-order chi connectivity index (χ0) is 35.8. The standard InChI is InChI=1S/C42H54N4O4/c1-3-5-7-9-11-19-29-43-41(49)37(45-39(47)35-21-15-13-16-22-35)31-33-25-27-34(28-26-33)32-38(46-40(48)36-23-17-14-18-24-36)42(50)44-30-20-12-10-8-6-4-2/h13-18,21-28,31-32H,3-12,19-20,29-30H2,1-2H3,(H,43,49)(H,44,50)(H,45,47)(H,46,48). The van der Waals surface area contributed by atoms with E-state index in [1.807, 2.05) is 12.1 Å². The minimum atomic E-state index is -0.378. The second kappa shape index (κ2) is 23.4. The molecule has 50 heavy (non-hydrogen) atoms. The topological polar surface area (TPSA) is 116 Å². The van der Waals surface area contributed by atoms with E-state index in [-0.39, 0.29) is 35.0 Å². The molecule has 3 aromatic carbocycles. The summed E-state index contributed by atoms with van der Waals surface area (Å²) in [7, 11) is 0. The van der Waals surface area contributed by atoms with Gasteiger partial charge in [0, 0.05) is 24.2 Å². The second-order valence-corrected chi connectivity index (χ2v) is 12.5. The lowest BCUT2D eigenvalue weighted by molar-refractivity contribution is -0.118. The van der Waals surface area contributed by atoms with Crippen LogP contribution in [0.3, 0.4) is 0 Å². The zero-order valence-corrected chi connectivity index (χ0v) is 29.8. The van der Waals surface area contributed by atoms with Crippen molar-refractivity contribution in [1.82, 2.24) is 21.3 Å². The number of nitrogens with one attached hydrogen (secondary N) is 4. The summed E-state index contributed by atoms with van der Waals surface area (Å²) in [6.45, 7) is 5.41. The van der Waals surface area contributed by atoms with Gasteiger partial charge in [-0.1, -0.05) is 139 Å². The van der Waals surface area contributed by atoms with Crippen molar-refractivity contribution in [2.45, 2.75) is 90.9 Å². The fourth-order valence-electron chi connectivity index (χ4n) is 5.31. The maximum absolute atomic E-state index is 13.2. The first-order valence-electron chi connectivity index (χ1n) is 18.2. The molecule has 0 saturated heterocycles. The minimum absolute atomic E-state index is 0.137. The fourth-order valence-corrected chi connectivity index (χ4v) is 5.31. The van der Waals surface area contributed by atoms with Gasteiger partial charge in [-0.05, 0) is 60.4 Å². The van der Waals surface area contributed by atoms with Gasteiger partial charge in [0.1, 0.15) is 11.4 Å². The molecule has 0 aliphatic carbocycles. The van der Waals surface area contributed by atoms with Crippen molar-refractivity contribution in [2.75, 3.05) is 13.1 Å². The summed E-state index contributed by atoms with van der Waals surface area (Å²) in [5, 5.41) is 11.5. The molecule has 0 spiro atoms. The minimum Gasteiger partial charge on any atom is -0.351 e. The molecule has 3 rings (SSSR count). The summed E-state index contributed by atoms with van der Waals surface area (Å²) >= 11 is 0. The maximum Gasteiger partial charge on any atom is 0.267 e. The van der Waals surface area contributed by atoms with Crippen LogP contribution < -0.4 is 21.3 Å². The molecule has 0 bridgehead atoms. The molecule has 4 N–H and O–H groups in total. The van der Waals surface area contributed by atoms with Crippen molar-refractivity contribution >= 4 is 35.8 Å². The first kappa shape index (κ1) is 39.5. The van der Waals surface area contributed by atoms with Crippen molar-refractivity contribution < 1.29 is 19.2 Å². The number of hydrogen-bond donors (Lipinski definition) is 4. The van der Waals surface area contributed by atoms with Crippen molar-refractivity contribution in [3.8, 4) is 0 Å². The second-order valence-electron chi connectivity index (χ2n) is 12.5. The van der Waals surface area contributed by atoms with Gasteiger partial charge in [-0.25, -0.2) is 0 Å². The van der Waals surface area contributed by atoms with Crippen LogP contribution in [-0.2, 0) is 9.59 Å². The molecule has 8 heteroatoms. The molecule has 0 unspecified atom stereocenters. The van der Waals surface area contributed by atoms with Crippen LogP contribution in [0.2, 0.25) is 0 Å². The van der Waals surface area contributed by atoms with E-state index in [9.17, 15) is 19.2 Å². The van der Waals surface area contributed by atoms with Gasteiger partial charge in [0.15, 0.2) is 0 Å². The molecule has 3 aromatic rings. The van der Waals surface area contributed by atoms with E-state index in [2.05, 4.69) is 35.1 Å². The van der Waals surface area contributed by atoms with Crippen LogP contribution in [0.4, 0.5) is 0 Å². The Balaban J connectivity index is 1.76. The van der Waals surface area contributed by atoms with Gasteiger partial charge in [0.05, 0.1) is 0 Å². The van der Waals surface area contributed by atoms with Crippen molar-refractivity contribution in [3.05, 3.63) is 119 Å². The van der Waals surface area contributed by atoms with Crippen LogP contribution in [0.15, 0.2) is 96.3 Å². The summed E-state index contributed by atoms with van der Waals surface area (Å²) < 4.78 is 0. The van der Waals surface area contributed by atoms with Crippen molar-refractivity contribution in [1.29, 1.82) is 0 Å². The Labute approximate surface area is 298 Å². The summed E-state index contributed by atoms with van der Waals surface area (Å²) in [6.07, 6.45) is 16.5. The van der Waals surface area contributed by atoms with E-state index in [1.54, 1.807) is 84.9 Å². The number of rotatable bonds is 22. The van der Waals surface area contributed by atoms with Crippen LogP contribution in [0.1, 0.15) is 123 Å². The molecule has 0 saturated carbocycles. The number of carbonyl (C=O) groups excluding carboxylic acids is 4. The van der Waals surface area contributed by atoms with Gasteiger partial charge < -0.3 is 21.3 Å². The first-order chi connectivity index (χ1) is 24.4. The summed E-state index contributed by atoms with van der Waals surface area (Å²) in [5.74, 6) is -1.48. The van der Waals surface area contributed by atoms with E-state index < -0.39 is 0 Å². The lowest BCUT2D eigenvalue weighted by Gasteiger charge is -2.12. The third kappa shape index (κ3) is 15.1. The summed E-state index contributed by atoms with van der Waals surface area (Å²) in [5.41, 5.74) is 2.53. The molecule has 0 aliphatic rings. The average Bonchev–Trinajstić information content (AvgIpc) is 3.14. The predicted octanol–water partition coefficient (Wildman–Crippen LogP) is 8.18. The molecule has 266 valence electrons. The highest BCUT2D eigenvalue weighted by Crippen LogP contribution is 2.14. The third-order valence-electron chi connectivity index (χ3n) is 8.25.